The number of nitriles is 1. The molecular formula is C26H20Cl2N4O4S. The van der Waals surface area contributed by atoms with Gasteiger partial charge in [-0.1, -0.05) is 35.3 Å². The highest BCUT2D eigenvalue weighted by atomic mass is 35.5. The number of halogens is 2. The maximum Gasteiger partial charge on any atom is 0.336 e. The van der Waals surface area contributed by atoms with Gasteiger partial charge in [0.2, 0.25) is 0 Å². The summed E-state index contributed by atoms with van der Waals surface area (Å²) in [5.41, 5.74) is 0.778. The van der Waals surface area contributed by atoms with E-state index in [1.165, 1.54) is 23.3 Å². The van der Waals surface area contributed by atoms with Gasteiger partial charge in [-0.25, -0.2) is 9.59 Å². The molecular weight excluding hydrogens is 535 g/mol. The Morgan fingerprint density at radius 2 is 1.84 bits per heavy atom. The number of anilines is 1. The Balaban J connectivity index is 1.60. The van der Waals surface area contributed by atoms with Crippen molar-refractivity contribution in [3.63, 3.8) is 0 Å². The molecule has 8 nitrogen and oxygen atoms in total. The molecule has 2 atom stereocenters. The van der Waals surface area contributed by atoms with Gasteiger partial charge in [0, 0.05) is 58.6 Å². The Hall–Kier alpha value is -3.42. The van der Waals surface area contributed by atoms with Gasteiger partial charge in [0.1, 0.15) is 5.54 Å². The molecule has 2 unspecified atom stereocenters. The van der Waals surface area contributed by atoms with Crippen LogP contribution in [-0.2, 0) is 11.3 Å². The zero-order chi connectivity index (χ0) is 26.5. The first-order chi connectivity index (χ1) is 17.6. The van der Waals surface area contributed by atoms with Crippen LogP contribution >= 0.6 is 34.5 Å². The smallest absolute Gasteiger partial charge is 0.336 e. The number of likely N-dealkylation sites (tertiary alicyclic amines) is 1. The van der Waals surface area contributed by atoms with E-state index in [0.717, 1.165) is 15.3 Å². The highest BCUT2D eigenvalue weighted by molar-refractivity contribution is 7.10. The van der Waals surface area contributed by atoms with Crippen molar-refractivity contribution in [2.45, 2.75) is 24.5 Å². The van der Waals surface area contributed by atoms with Crippen molar-refractivity contribution < 1.29 is 19.5 Å². The largest absolute Gasteiger partial charge is 0.478 e. The van der Waals surface area contributed by atoms with Crippen molar-refractivity contribution in [2.24, 2.45) is 0 Å². The van der Waals surface area contributed by atoms with E-state index in [9.17, 15) is 24.8 Å². The molecule has 11 heteroatoms. The van der Waals surface area contributed by atoms with E-state index in [-0.39, 0.29) is 30.5 Å². The number of rotatable bonds is 5. The molecule has 2 saturated heterocycles. The van der Waals surface area contributed by atoms with Crippen molar-refractivity contribution in [1.29, 1.82) is 5.26 Å². The van der Waals surface area contributed by atoms with Gasteiger partial charge in [0.05, 0.1) is 17.2 Å². The number of hydrogen-bond donors (Lipinski definition) is 1. The lowest BCUT2D eigenvalue weighted by Crippen LogP contribution is -2.52. The molecule has 188 valence electrons. The van der Waals surface area contributed by atoms with Crippen LogP contribution in [0.4, 0.5) is 10.5 Å². The fourth-order valence-corrected chi connectivity index (χ4v) is 6.58. The van der Waals surface area contributed by atoms with Crippen LogP contribution in [0.15, 0.2) is 53.9 Å². The average Bonchev–Trinajstić information content (AvgIpc) is 3.52. The molecule has 1 N–H and O–H groups in total. The van der Waals surface area contributed by atoms with Crippen molar-refractivity contribution in [1.82, 2.24) is 9.80 Å². The lowest BCUT2D eigenvalue weighted by atomic mass is 9.91. The Labute approximate surface area is 226 Å². The third kappa shape index (κ3) is 4.36. The number of carboxylic acid groups (broad SMARTS) is 1. The molecule has 3 heterocycles. The van der Waals surface area contributed by atoms with Crippen LogP contribution in [0.25, 0.3) is 0 Å². The number of amides is 3. The average molecular weight is 555 g/mol. The maximum atomic E-state index is 13.7. The topological polar surface area (TPSA) is 105 Å². The summed E-state index contributed by atoms with van der Waals surface area (Å²) in [6, 6.07) is 14.9. The molecule has 2 aliphatic rings. The lowest BCUT2D eigenvalue weighted by Gasteiger charge is -2.31. The van der Waals surface area contributed by atoms with E-state index >= 15 is 0 Å². The second-order valence-corrected chi connectivity index (χ2v) is 11.0. The molecule has 3 aromatic rings. The van der Waals surface area contributed by atoms with E-state index in [1.54, 1.807) is 41.8 Å². The van der Waals surface area contributed by atoms with Crippen LogP contribution in [0.5, 0.6) is 0 Å². The van der Waals surface area contributed by atoms with Crippen molar-refractivity contribution in [3.05, 3.63) is 85.5 Å². The van der Waals surface area contributed by atoms with Gasteiger partial charge in [-0.05, 0) is 42.0 Å². The number of carbonyl (C=O) groups is 3. The molecule has 2 fully saturated rings. The van der Waals surface area contributed by atoms with Crippen LogP contribution in [0.3, 0.4) is 0 Å². The minimum Gasteiger partial charge on any atom is -0.478 e. The Kier molecular flexibility index (Phi) is 6.46. The molecule has 2 aromatic carbocycles. The van der Waals surface area contributed by atoms with Gasteiger partial charge in [-0.15, -0.1) is 11.3 Å². The number of likely N-dealkylation sites (N-methyl/N-ethyl adjacent to an activating group) is 1. The number of nitrogens with zero attached hydrogens (tertiary/aromatic N) is 4. The number of imide groups is 1. The van der Waals surface area contributed by atoms with E-state index in [2.05, 4.69) is 11.0 Å². The van der Waals surface area contributed by atoms with Gasteiger partial charge < -0.3 is 5.11 Å². The lowest BCUT2D eigenvalue weighted by molar-refractivity contribution is -0.129. The van der Waals surface area contributed by atoms with Crippen LogP contribution in [0, 0.1) is 11.3 Å². The summed E-state index contributed by atoms with van der Waals surface area (Å²) in [7, 11) is 1.45. The molecule has 0 aliphatic carbocycles. The van der Waals surface area contributed by atoms with Crippen LogP contribution in [0.1, 0.15) is 38.8 Å². The number of urea groups is 1. The number of carboxylic acids is 1. The third-order valence-electron chi connectivity index (χ3n) is 6.84. The summed E-state index contributed by atoms with van der Waals surface area (Å²) in [5.74, 6) is -1.35. The SMILES string of the molecule is CN1C(=O)N(c2cc(Cl)cc(Cl)c2)C2(CC(c3ccc(C#N)cc3)N(Cc3cc(C(=O)O)cs3)C2)C1=O. The molecule has 5 rings (SSSR count). The standard InChI is InChI=1S/C26H20Cl2N4O4S/c1-30-24(35)26(32(25(30)36)20-8-18(27)7-19(28)9-20)10-22(16-4-2-15(11-29)3-5-16)31(14-26)12-21-6-17(13-37-21)23(33)34/h2-9,13,22H,10,12,14H2,1H3,(H,33,34). The summed E-state index contributed by atoms with van der Waals surface area (Å²) in [6.07, 6.45) is 0.287. The first kappa shape index (κ1) is 25.2. The first-order valence-electron chi connectivity index (χ1n) is 11.3. The maximum absolute atomic E-state index is 13.7. The Bertz CT molecular complexity index is 1450. The van der Waals surface area contributed by atoms with Crippen LogP contribution < -0.4 is 4.90 Å². The van der Waals surface area contributed by atoms with Crippen molar-refractivity contribution in [2.75, 3.05) is 18.5 Å². The van der Waals surface area contributed by atoms with Crippen molar-refractivity contribution >= 4 is 58.1 Å². The highest BCUT2D eigenvalue weighted by Gasteiger charge is 2.62. The molecule has 3 amide bonds. The minimum absolute atomic E-state index is 0.200. The monoisotopic (exact) mass is 554 g/mol. The highest BCUT2D eigenvalue weighted by Crippen LogP contribution is 2.48. The second-order valence-electron chi connectivity index (χ2n) is 9.11. The fourth-order valence-electron chi connectivity index (χ4n) is 5.18. The summed E-state index contributed by atoms with van der Waals surface area (Å²) in [4.78, 5) is 44.0. The number of carbonyl (C=O) groups excluding carboxylic acids is 2. The van der Waals surface area contributed by atoms with Gasteiger partial charge in [0.25, 0.3) is 5.91 Å². The van der Waals surface area contributed by atoms with E-state index < -0.39 is 17.5 Å². The van der Waals surface area contributed by atoms with E-state index in [4.69, 9.17) is 23.2 Å². The summed E-state index contributed by atoms with van der Waals surface area (Å²) in [6.45, 7) is 0.580. The normalized spacial score (nSPS) is 21.7. The summed E-state index contributed by atoms with van der Waals surface area (Å²) in [5, 5.41) is 20.8. The Morgan fingerprint density at radius 3 is 2.43 bits per heavy atom. The molecule has 2 aliphatic heterocycles. The number of thiophene rings is 1. The minimum atomic E-state index is -1.23. The molecule has 1 spiro atoms. The summed E-state index contributed by atoms with van der Waals surface area (Å²) >= 11 is 13.8. The zero-order valence-electron chi connectivity index (χ0n) is 19.5. The number of benzene rings is 2. The summed E-state index contributed by atoms with van der Waals surface area (Å²) < 4.78 is 0. The molecule has 0 bridgehead atoms. The van der Waals surface area contributed by atoms with Crippen molar-refractivity contribution in [3.8, 4) is 6.07 Å². The van der Waals surface area contributed by atoms with Gasteiger partial charge in [-0.2, -0.15) is 5.26 Å². The van der Waals surface area contributed by atoms with Crippen LogP contribution in [-0.4, -0.2) is 51.9 Å². The molecule has 37 heavy (non-hydrogen) atoms. The van der Waals surface area contributed by atoms with Gasteiger partial charge in [-0.3, -0.25) is 19.5 Å². The fraction of sp³-hybridized carbons (Fsp3) is 0.231. The van der Waals surface area contributed by atoms with Gasteiger partial charge in [0.15, 0.2) is 0 Å². The van der Waals surface area contributed by atoms with E-state index in [0.29, 0.717) is 27.8 Å². The predicted molar refractivity (Wildman–Crippen MR) is 140 cm³/mol. The van der Waals surface area contributed by atoms with Crippen LogP contribution in [0.2, 0.25) is 10.0 Å². The van der Waals surface area contributed by atoms with Gasteiger partial charge >= 0.3 is 12.0 Å². The number of hydrogen-bond acceptors (Lipinski definition) is 6. The van der Waals surface area contributed by atoms with E-state index in [1.807, 2.05) is 12.1 Å². The third-order valence-corrected chi connectivity index (χ3v) is 8.19. The molecule has 1 aromatic heterocycles. The Morgan fingerprint density at radius 1 is 1.16 bits per heavy atom. The zero-order valence-corrected chi connectivity index (χ0v) is 21.8. The first-order valence-corrected chi connectivity index (χ1v) is 12.9. The molecule has 0 radical (unpaired) electrons. The predicted octanol–water partition coefficient (Wildman–Crippen LogP) is 5.41. The number of aromatic carboxylic acids is 1. The quantitative estimate of drug-likeness (QED) is 0.423. The second kappa shape index (κ2) is 9.47. The molecule has 0 saturated carbocycles.